The van der Waals surface area contributed by atoms with E-state index < -0.39 is 0 Å². The Labute approximate surface area is 61.4 Å². The lowest BCUT2D eigenvalue weighted by Crippen LogP contribution is -2.14. The molecule has 0 heterocycles. The van der Waals surface area contributed by atoms with Crippen molar-refractivity contribution in [1.29, 1.82) is 0 Å². The molecule has 1 fully saturated rings. The van der Waals surface area contributed by atoms with E-state index in [9.17, 15) is 0 Å². The molecule has 0 bridgehead atoms. The summed E-state index contributed by atoms with van der Waals surface area (Å²) in [4.78, 5) is 0. The molecule has 0 radical (unpaired) electrons. The van der Waals surface area contributed by atoms with Gasteiger partial charge < -0.3 is 4.74 Å². The Bertz CT molecular complexity index is 203. The number of hydrogen-bond donors (Lipinski definition) is 0. The molecular formula is C9H12O. The summed E-state index contributed by atoms with van der Waals surface area (Å²) in [6.45, 7) is 2.16. The second kappa shape index (κ2) is 1.54. The number of allylic oxidation sites excluding steroid dienone is 2. The van der Waals surface area contributed by atoms with Crippen LogP contribution in [0.2, 0.25) is 0 Å². The Morgan fingerprint density at radius 3 is 2.30 bits per heavy atom. The van der Waals surface area contributed by atoms with E-state index in [0.717, 1.165) is 6.42 Å². The molecule has 1 heteroatoms. The fraction of sp³-hybridized carbons (Fsp3) is 0.556. The summed E-state index contributed by atoms with van der Waals surface area (Å²) in [5, 5.41) is 0. The standard InChI is InChI=1S/C9H12O/c1-8(10-2)7-9(8)5-3-4-6-9/h3-6H,7H2,1-2H3. The van der Waals surface area contributed by atoms with Gasteiger partial charge in [-0.2, -0.15) is 0 Å². The Morgan fingerprint density at radius 2 is 1.90 bits per heavy atom. The van der Waals surface area contributed by atoms with Crippen LogP contribution in [0.1, 0.15) is 13.3 Å². The molecule has 0 amide bonds. The van der Waals surface area contributed by atoms with Gasteiger partial charge in [0.2, 0.25) is 0 Å². The van der Waals surface area contributed by atoms with Crippen LogP contribution < -0.4 is 0 Å². The molecule has 54 valence electrons. The van der Waals surface area contributed by atoms with Gasteiger partial charge in [-0.1, -0.05) is 24.3 Å². The monoisotopic (exact) mass is 136 g/mol. The zero-order chi connectivity index (χ0) is 7.24. The molecule has 1 unspecified atom stereocenters. The normalized spacial score (nSPS) is 39.4. The number of hydrogen-bond acceptors (Lipinski definition) is 1. The third-order valence-electron chi connectivity index (χ3n) is 2.84. The maximum Gasteiger partial charge on any atom is 0.0789 e. The van der Waals surface area contributed by atoms with Gasteiger partial charge in [0.25, 0.3) is 0 Å². The van der Waals surface area contributed by atoms with Crippen molar-refractivity contribution in [3.63, 3.8) is 0 Å². The van der Waals surface area contributed by atoms with Crippen molar-refractivity contribution in [2.24, 2.45) is 5.41 Å². The average Bonchev–Trinajstić information content (AvgIpc) is 2.28. The van der Waals surface area contributed by atoms with E-state index in [-0.39, 0.29) is 11.0 Å². The van der Waals surface area contributed by atoms with Crippen LogP contribution in [0.4, 0.5) is 0 Å². The zero-order valence-electron chi connectivity index (χ0n) is 6.42. The molecule has 0 N–H and O–H groups in total. The second-order valence-corrected chi connectivity index (χ2v) is 3.37. The maximum atomic E-state index is 5.38. The highest BCUT2D eigenvalue weighted by Crippen LogP contribution is 2.61. The molecule has 10 heavy (non-hydrogen) atoms. The second-order valence-electron chi connectivity index (χ2n) is 3.37. The topological polar surface area (TPSA) is 9.23 Å². The van der Waals surface area contributed by atoms with E-state index in [1.54, 1.807) is 7.11 Å². The first-order chi connectivity index (χ1) is 4.72. The quantitative estimate of drug-likeness (QED) is 0.535. The SMILES string of the molecule is COC1(C)CC12C=CC=C2. The largest absolute Gasteiger partial charge is 0.377 e. The van der Waals surface area contributed by atoms with Gasteiger partial charge in [0.1, 0.15) is 0 Å². The molecular weight excluding hydrogens is 124 g/mol. The van der Waals surface area contributed by atoms with Crippen LogP contribution >= 0.6 is 0 Å². The van der Waals surface area contributed by atoms with Crippen LogP contribution in [-0.4, -0.2) is 12.7 Å². The zero-order valence-corrected chi connectivity index (χ0v) is 6.42. The van der Waals surface area contributed by atoms with Gasteiger partial charge in [-0.25, -0.2) is 0 Å². The van der Waals surface area contributed by atoms with Gasteiger partial charge in [0.15, 0.2) is 0 Å². The molecule has 0 saturated heterocycles. The highest BCUT2D eigenvalue weighted by Gasteiger charge is 2.62. The lowest BCUT2D eigenvalue weighted by Gasteiger charge is -2.11. The molecule has 2 aliphatic rings. The molecule has 2 aliphatic carbocycles. The van der Waals surface area contributed by atoms with Crippen LogP contribution in [0.3, 0.4) is 0 Å². The van der Waals surface area contributed by atoms with Gasteiger partial charge in [0.05, 0.1) is 5.60 Å². The van der Waals surface area contributed by atoms with Crippen LogP contribution in [0.5, 0.6) is 0 Å². The third-order valence-corrected chi connectivity index (χ3v) is 2.84. The summed E-state index contributed by atoms with van der Waals surface area (Å²) < 4.78 is 5.38. The fourth-order valence-corrected chi connectivity index (χ4v) is 1.76. The molecule has 0 aromatic rings. The lowest BCUT2D eigenvalue weighted by atomic mass is 10.1. The molecule has 0 aromatic carbocycles. The lowest BCUT2D eigenvalue weighted by molar-refractivity contribution is 0.0768. The minimum absolute atomic E-state index is 0.0938. The Morgan fingerprint density at radius 1 is 1.30 bits per heavy atom. The Kier molecular flexibility index (Phi) is 0.948. The molecule has 2 rings (SSSR count). The van der Waals surface area contributed by atoms with Crippen molar-refractivity contribution >= 4 is 0 Å². The number of rotatable bonds is 1. The highest BCUT2D eigenvalue weighted by atomic mass is 16.5. The first kappa shape index (κ1) is 6.17. The van der Waals surface area contributed by atoms with Crippen LogP contribution in [-0.2, 0) is 4.74 Å². The van der Waals surface area contributed by atoms with Crippen molar-refractivity contribution in [3.05, 3.63) is 24.3 Å². The molecule has 1 nitrogen and oxygen atoms in total. The smallest absolute Gasteiger partial charge is 0.0789 e. The van der Waals surface area contributed by atoms with Gasteiger partial charge in [-0.15, -0.1) is 0 Å². The average molecular weight is 136 g/mol. The number of ether oxygens (including phenoxy) is 1. The molecule has 1 saturated carbocycles. The van der Waals surface area contributed by atoms with Gasteiger partial charge >= 0.3 is 0 Å². The van der Waals surface area contributed by atoms with Gasteiger partial charge in [0, 0.05) is 12.5 Å². The predicted molar refractivity (Wildman–Crippen MR) is 40.7 cm³/mol. The van der Waals surface area contributed by atoms with E-state index in [2.05, 4.69) is 31.2 Å². The fourth-order valence-electron chi connectivity index (χ4n) is 1.76. The molecule has 0 aliphatic heterocycles. The van der Waals surface area contributed by atoms with E-state index in [1.807, 2.05) is 0 Å². The summed E-state index contributed by atoms with van der Waals surface area (Å²) in [5.74, 6) is 0. The van der Waals surface area contributed by atoms with Gasteiger partial charge in [-0.3, -0.25) is 0 Å². The van der Waals surface area contributed by atoms with Crippen molar-refractivity contribution < 1.29 is 4.74 Å². The minimum atomic E-state index is 0.0938. The summed E-state index contributed by atoms with van der Waals surface area (Å²) in [6, 6.07) is 0. The van der Waals surface area contributed by atoms with Gasteiger partial charge in [-0.05, 0) is 13.3 Å². The summed E-state index contributed by atoms with van der Waals surface area (Å²) in [5.41, 5.74) is 0.359. The molecule has 1 spiro atoms. The maximum absolute atomic E-state index is 5.38. The van der Waals surface area contributed by atoms with Crippen LogP contribution in [0.25, 0.3) is 0 Å². The summed E-state index contributed by atoms with van der Waals surface area (Å²) >= 11 is 0. The minimum Gasteiger partial charge on any atom is -0.377 e. The summed E-state index contributed by atoms with van der Waals surface area (Å²) in [6.07, 6.45) is 9.81. The van der Waals surface area contributed by atoms with E-state index in [4.69, 9.17) is 4.74 Å². The Balaban J connectivity index is 2.25. The number of methoxy groups -OCH3 is 1. The molecule has 1 atom stereocenters. The first-order valence-corrected chi connectivity index (χ1v) is 3.65. The third kappa shape index (κ3) is 0.517. The predicted octanol–water partition coefficient (Wildman–Crippen LogP) is 1.91. The van der Waals surface area contributed by atoms with Crippen molar-refractivity contribution in [2.45, 2.75) is 18.9 Å². The molecule has 0 aromatic heterocycles. The van der Waals surface area contributed by atoms with Crippen LogP contribution in [0, 0.1) is 5.41 Å². The van der Waals surface area contributed by atoms with E-state index >= 15 is 0 Å². The van der Waals surface area contributed by atoms with E-state index in [0.29, 0.717) is 0 Å². The van der Waals surface area contributed by atoms with Crippen LogP contribution in [0.15, 0.2) is 24.3 Å². The summed E-state index contributed by atoms with van der Waals surface area (Å²) in [7, 11) is 1.79. The van der Waals surface area contributed by atoms with Crippen molar-refractivity contribution in [3.8, 4) is 0 Å². The Hall–Kier alpha value is -0.560. The van der Waals surface area contributed by atoms with E-state index in [1.165, 1.54) is 0 Å². The highest BCUT2D eigenvalue weighted by molar-refractivity contribution is 5.39. The van der Waals surface area contributed by atoms with Crippen molar-refractivity contribution in [2.75, 3.05) is 7.11 Å². The van der Waals surface area contributed by atoms with Crippen molar-refractivity contribution in [1.82, 2.24) is 0 Å². The first-order valence-electron chi connectivity index (χ1n) is 3.65.